The molecule has 0 radical (unpaired) electrons. The molecule has 2 rings (SSSR count). The Balaban J connectivity index is 2.08. The van der Waals surface area contributed by atoms with Crippen LogP contribution in [0.3, 0.4) is 0 Å². The third-order valence-corrected chi connectivity index (χ3v) is 3.19. The Morgan fingerprint density at radius 3 is 2.71 bits per heavy atom. The number of aromatic nitrogens is 2. The van der Waals surface area contributed by atoms with Crippen LogP contribution in [0.4, 0.5) is 18.9 Å². The maximum absolute atomic E-state index is 12.7. The number of rotatable bonds is 5. The lowest BCUT2D eigenvalue weighted by molar-refractivity contribution is -0.137. The molecular weight excluding hydrogens is 279 g/mol. The molecule has 6 heteroatoms. The lowest BCUT2D eigenvalue weighted by Gasteiger charge is -2.12. The van der Waals surface area contributed by atoms with Gasteiger partial charge in [-0.2, -0.15) is 18.3 Å². The molecule has 1 heterocycles. The second kappa shape index (κ2) is 6.20. The molecule has 0 amide bonds. The molecule has 0 aliphatic carbocycles. The van der Waals surface area contributed by atoms with Crippen molar-refractivity contribution < 1.29 is 13.2 Å². The van der Waals surface area contributed by atoms with E-state index in [0.29, 0.717) is 12.2 Å². The van der Waals surface area contributed by atoms with Crippen LogP contribution in [0.25, 0.3) is 0 Å². The molecular formula is C15H18F3N3. The van der Waals surface area contributed by atoms with Gasteiger partial charge in [-0.05, 0) is 31.0 Å². The van der Waals surface area contributed by atoms with Crippen molar-refractivity contribution in [2.45, 2.75) is 39.5 Å². The van der Waals surface area contributed by atoms with Crippen LogP contribution in [-0.4, -0.2) is 9.78 Å². The molecule has 0 aliphatic rings. The maximum atomic E-state index is 12.7. The minimum Gasteiger partial charge on any atom is -0.381 e. The number of aryl methyl sites for hydroxylation is 2. The van der Waals surface area contributed by atoms with E-state index >= 15 is 0 Å². The number of hydrogen-bond donors (Lipinski definition) is 1. The van der Waals surface area contributed by atoms with Gasteiger partial charge in [0.05, 0.1) is 11.8 Å². The standard InChI is InChI=1S/C15H18F3N3/c1-3-6-21-10-12(9-20-21)8-19-14-7-13(15(16,17)18)5-4-11(14)2/h4-5,7,9-10,19H,3,6,8H2,1-2H3. The molecule has 0 unspecified atom stereocenters. The largest absolute Gasteiger partial charge is 0.416 e. The monoisotopic (exact) mass is 297 g/mol. The zero-order chi connectivity index (χ0) is 15.5. The van der Waals surface area contributed by atoms with Gasteiger partial charge < -0.3 is 5.32 Å². The highest BCUT2D eigenvalue weighted by Gasteiger charge is 2.30. The van der Waals surface area contributed by atoms with Crippen LogP contribution in [-0.2, 0) is 19.3 Å². The Morgan fingerprint density at radius 1 is 1.29 bits per heavy atom. The first-order valence-electron chi connectivity index (χ1n) is 6.83. The van der Waals surface area contributed by atoms with Crippen molar-refractivity contribution in [1.82, 2.24) is 9.78 Å². The summed E-state index contributed by atoms with van der Waals surface area (Å²) in [5.74, 6) is 0. The van der Waals surface area contributed by atoms with E-state index in [-0.39, 0.29) is 0 Å². The molecule has 1 N–H and O–H groups in total. The predicted octanol–water partition coefficient (Wildman–Crippen LogP) is 4.23. The van der Waals surface area contributed by atoms with Gasteiger partial charge in [-0.3, -0.25) is 4.68 Å². The molecule has 2 aromatic rings. The van der Waals surface area contributed by atoms with Gasteiger partial charge in [-0.1, -0.05) is 13.0 Å². The lowest BCUT2D eigenvalue weighted by Crippen LogP contribution is -2.07. The van der Waals surface area contributed by atoms with Crippen molar-refractivity contribution in [3.8, 4) is 0 Å². The normalized spacial score (nSPS) is 11.7. The minimum absolute atomic E-state index is 0.450. The van der Waals surface area contributed by atoms with Gasteiger partial charge >= 0.3 is 6.18 Å². The van der Waals surface area contributed by atoms with E-state index in [1.807, 2.05) is 10.9 Å². The molecule has 0 fully saturated rings. The summed E-state index contributed by atoms with van der Waals surface area (Å²) in [5.41, 5.74) is 1.58. The quantitative estimate of drug-likeness (QED) is 0.895. The second-order valence-corrected chi connectivity index (χ2v) is 4.99. The van der Waals surface area contributed by atoms with Gasteiger partial charge in [-0.15, -0.1) is 0 Å². The number of anilines is 1. The molecule has 3 nitrogen and oxygen atoms in total. The highest BCUT2D eigenvalue weighted by Crippen LogP contribution is 2.32. The Bertz CT molecular complexity index is 602. The molecule has 1 aromatic heterocycles. The van der Waals surface area contributed by atoms with E-state index in [0.717, 1.165) is 36.2 Å². The SMILES string of the molecule is CCCn1cc(CNc2cc(C(F)(F)F)ccc2C)cn1. The third kappa shape index (κ3) is 4.00. The summed E-state index contributed by atoms with van der Waals surface area (Å²) in [7, 11) is 0. The number of hydrogen-bond acceptors (Lipinski definition) is 2. The number of nitrogens with zero attached hydrogens (tertiary/aromatic N) is 2. The van der Waals surface area contributed by atoms with Crippen LogP contribution in [0.1, 0.15) is 30.0 Å². The minimum atomic E-state index is -4.32. The van der Waals surface area contributed by atoms with E-state index in [1.165, 1.54) is 6.07 Å². The van der Waals surface area contributed by atoms with Crippen molar-refractivity contribution in [2.75, 3.05) is 5.32 Å². The number of alkyl halides is 3. The molecule has 0 saturated heterocycles. The van der Waals surface area contributed by atoms with Crippen LogP contribution < -0.4 is 5.32 Å². The summed E-state index contributed by atoms with van der Waals surface area (Å²) >= 11 is 0. The van der Waals surface area contributed by atoms with Gasteiger partial charge in [0.1, 0.15) is 0 Å². The van der Waals surface area contributed by atoms with E-state index in [2.05, 4.69) is 17.3 Å². The lowest BCUT2D eigenvalue weighted by atomic mass is 10.1. The van der Waals surface area contributed by atoms with Gasteiger partial charge in [0.2, 0.25) is 0 Å². The first-order valence-corrected chi connectivity index (χ1v) is 6.83. The molecule has 0 spiro atoms. The first kappa shape index (κ1) is 15.4. The van der Waals surface area contributed by atoms with Crippen molar-refractivity contribution in [3.63, 3.8) is 0 Å². The van der Waals surface area contributed by atoms with Crippen LogP contribution in [0.5, 0.6) is 0 Å². The molecule has 0 saturated carbocycles. The average molecular weight is 297 g/mol. The van der Waals surface area contributed by atoms with Crippen LogP contribution in [0.15, 0.2) is 30.6 Å². The zero-order valence-electron chi connectivity index (χ0n) is 12.0. The van der Waals surface area contributed by atoms with Crippen LogP contribution >= 0.6 is 0 Å². The number of benzene rings is 1. The predicted molar refractivity (Wildman–Crippen MR) is 76.0 cm³/mol. The van der Waals surface area contributed by atoms with E-state index in [9.17, 15) is 13.2 Å². The summed E-state index contributed by atoms with van der Waals surface area (Å²) in [6.07, 6.45) is 0.294. The van der Waals surface area contributed by atoms with Crippen molar-refractivity contribution >= 4 is 5.69 Å². The summed E-state index contributed by atoms with van der Waals surface area (Å²) < 4.78 is 40.0. The Kier molecular flexibility index (Phi) is 4.55. The Labute approximate surface area is 121 Å². The molecule has 0 aliphatic heterocycles. The summed E-state index contributed by atoms with van der Waals surface area (Å²) in [6, 6.07) is 3.72. The van der Waals surface area contributed by atoms with Crippen LogP contribution in [0, 0.1) is 6.92 Å². The Hall–Kier alpha value is -1.98. The average Bonchev–Trinajstić information content (AvgIpc) is 2.84. The molecule has 0 bridgehead atoms. The van der Waals surface area contributed by atoms with E-state index < -0.39 is 11.7 Å². The van der Waals surface area contributed by atoms with Gasteiger partial charge in [0, 0.05) is 30.5 Å². The summed E-state index contributed by atoms with van der Waals surface area (Å²) in [6.45, 7) is 5.13. The zero-order valence-corrected chi connectivity index (χ0v) is 12.0. The van der Waals surface area contributed by atoms with Crippen molar-refractivity contribution in [3.05, 3.63) is 47.3 Å². The number of nitrogens with one attached hydrogen (secondary N) is 1. The fraction of sp³-hybridized carbons (Fsp3) is 0.400. The molecule has 0 atom stereocenters. The van der Waals surface area contributed by atoms with Gasteiger partial charge in [0.15, 0.2) is 0 Å². The third-order valence-electron chi connectivity index (χ3n) is 3.19. The maximum Gasteiger partial charge on any atom is 0.416 e. The molecule has 21 heavy (non-hydrogen) atoms. The smallest absolute Gasteiger partial charge is 0.381 e. The number of halogens is 3. The fourth-order valence-corrected chi connectivity index (χ4v) is 2.04. The van der Waals surface area contributed by atoms with E-state index in [4.69, 9.17) is 0 Å². The second-order valence-electron chi connectivity index (χ2n) is 4.99. The highest BCUT2D eigenvalue weighted by molar-refractivity contribution is 5.53. The van der Waals surface area contributed by atoms with Gasteiger partial charge in [-0.25, -0.2) is 0 Å². The molecule has 1 aromatic carbocycles. The topological polar surface area (TPSA) is 29.9 Å². The summed E-state index contributed by atoms with van der Waals surface area (Å²) in [4.78, 5) is 0. The van der Waals surface area contributed by atoms with Crippen LogP contribution in [0.2, 0.25) is 0 Å². The van der Waals surface area contributed by atoms with Crippen molar-refractivity contribution in [1.29, 1.82) is 0 Å². The van der Waals surface area contributed by atoms with E-state index in [1.54, 1.807) is 13.1 Å². The first-order chi connectivity index (χ1) is 9.90. The molecule has 114 valence electrons. The fourth-order valence-electron chi connectivity index (χ4n) is 2.04. The highest BCUT2D eigenvalue weighted by atomic mass is 19.4. The van der Waals surface area contributed by atoms with Crippen molar-refractivity contribution in [2.24, 2.45) is 0 Å². The van der Waals surface area contributed by atoms with Gasteiger partial charge in [0.25, 0.3) is 0 Å². The Morgan fingerprint density at radius 2 is 2.05 bits per heavy atom. The summed E-state index contributed by atoms with van der Waals surface area (Å²) in [5, 5.41) is 7.24.